The lowest BCUT2D eigenvalue weighted by Gasteiger charge is -2.12. The van der Waals surface area contributed by atoms with Crippen molar-refractivity contribution in [2.75, 3.05) is 11.8 Å². The van der Waals surface area contributed by atoms with Crippen molar-refractivity contribution >= 4 is 27.0 Å². The highest BCUT2D eigenvalue weighted by atomic mass is 32.2. The molecule has 2 N–H and O–H groups in total. The second-order valence-electron chi connectivity index (χ2n) is 4.89. The van der Waals surface area contributed by atoms with Crippen LogP contribution in [-0.4, -0.2) is 20.4 Å². The number of sulfonamides is 1. The SMILES string of the molecule is CNCc1scc(C)c1S(=O)(=O)Nc1ccc(C)nc1C. The molecule has 2 heterocycles. The smallest absolute Gasteiger partial charge is 0.263 e. The minimum absolute atomic E-state index is 0.363. The van der Waals surface area contributed by atoms with Crippen molar-refractivity contribution in [2.45, 2.75) is 32.2 Å². The van der Waals surface area contributed by atoms with Gasteiger partial charge in [0.25, 0.3) is 10.0 Å². The Morgan fingerprint density at radius 1 is 1.24 bits per heavy atom. The molecule has 0 spiro atoms. The molecule has 0 radical (unpaired) electrons. The Morgan fingerprint density at radius 2 is 1.95 bits per heavy atom. The lowest BCUT2D eigenvalue weighted by Crippen LogP contribution is -2.17. The van der Waals surface area contributed by atoms with Gasteiger partial charge in [-0.2, -0.15) is 0 Å². The summed E-state index contributed by atoms with van der Waals surface area (Å²) in [5.74, 6) is 0. The van der Waals surface area contributed by atoms with Crippen LogP contribution in [0.1, 0.15) is 21.8 Å². The van der Waals surface area contributed by atoms with Gasteiger partial charge in [0.05, 0.1) is 11.4 Å². The van der Waals surface area contributed by atoms with Crippen LogP contribution in [0.25, 0.3) is 0 Å². The number of aromatic nitrogens is 1. The second kappa shape index (κ2) is 6.13. The number of hydrogen-bond acceptors (Lipinski definition) is 5. The molecule has 0 unspecified atom stereocenters. The zero-order valence-electron chi connectivity index (χ0n) is 12.5. The lowest BCUT2D eigenvalue weighted by molar-refractivity contribution is 0.599. The highest BCUT2D eigenvalue weighted by molar-refractivity contribution is 7.93. The van der Waals surface area contributed by atoms with Gasteiger partial charge >= 0.3 is 0 Å². The minimum Gasteiger partial charge on any atom is -0.315 e. The van der Waals surface area contributed by atoms with Gasteiger partial charge in [-0.25, -0.2) is 8.42 Å². The fraction of sp³-hybridized carbons (Fsp3) is 0.357. The molecule has 0 saturated carbocycles. The van der Waals surface area contributed by atoms with Crippen molar-refractivity contribution in [3.05, 3.63) is 39.3 Å². The summed E-state index contributed by atoms with van der Waals surface area (Å²) in [6, 6.07) is 3.54. The van der Waals surface area contributed by atoms with Gasteiger partial charge < -0.3 is 5.32 Å². The van der Waals surface area contributed by atoms with Crippen LogP contribution in [0, 0.1) is 20.8 Å². The first-order valence-electron chi connectivity index (χ1n) is 6.54. The van der Waals surface area contributed by atoms with Crippen molar-refractivity contribution in [1.82, 2.24) is 10.3 Å². The van der Waals surface area contributed by atoms with E-state index in [1.54, 1.807) is 26.1 Å². The summed E-state index contributed by atoms with van der Waals surface area (Å²) in [5.41, 5.74) is 2.80. The minimum atomic E-state index is -3.61. The van der Waals surface area contributed by atoms with E-state index in [2.05, 4.69) is 15.0 Å². The summed E-state index contributed by atoms with van der Waals surface area (Å²) in [4.78, 5) is 5.45. The quantitative estimate of drug-likeness (QED) is 0.886. The van der Waals surface area contributed by atoms with E-state index in [1.807, 2.05) is 19.2 Å². The summed E-state index contributed by atoms with van der Waals surface area (Å²) in [6.07, 6.45) is 0. The van der Waals surface area contributed by atoms with Gasteiger partial charge in [-0.05, 0) is 50.9 Å². The third-order valence-corrected chi connectivity index (χ3v) is 5.89. The number of nitrogens with zero attached hydrogens (tertiary/aromatic N) is 1. The predicted molar refractivity (Wildman–Crippen MR) is 86.3 cm³/mol. The number of nitrogens with one attached hydrogen (secondary N) is 2. The molecule has 2 aromatic rings. The Hall–Kier alpha value is -1.44. The van der Waals surface area contributed by atoms with Gasteiger partial charge in [0, 0.05) is 17.1 Å². The van der Waals surface area contributed by atoms with Gasteiger partial charge in [0.2, 0.25) is 0 Å². The molecular formula is C14H19N3O2S2. The Morgan fingerprint density at radius 3 is 2.57 bits per heavy atom. The lowest BCUT2D eigenvalue weighted by atomic mass is 10.3. The molecule has 0 aliphatic heterocycles. The largest absolute Gasteiger partial charge is 0.315 e. The maximum Gasteiger partial charge on any atom is 0.263 e. The molecule has 0 saturated heterocycles. The molecule has 114 valence electrons. The topological polar surface area (TPSA) is 71.1 Å². The van der Waals surface area contributed by atoms with Crippen LogP contribution in [0.15, 0.2) is 22.4 Å². The molecule has 2 aromatic heterocycles. The van der Waals surface area contributed by atoms with Gasteiger partial charge in [0.15, 0.2) is 0 Å². The van der Waals surface area contributed by atoms with Crippen LogP contribution in [0.2, 0.25) is 0 Å². The van der Waals surface area contributed by atoms with Crippen molar-refractivity contribution in [3.63, 3.8) is 0 Å². The van der Waals surface area contributed by atoms with Crippen molar-refractivity contribution in [2.24, 2.45) is 0 Å². The molecule has 0 aromatic carbocycles. The van der Waals surface area contributed by atoms with E-state index < -0.39 is 10.0 Å². The fourth-order valence-electron chi connectivity index (χ4n) is 2.12. The first-order valence-corrected chi connectivity index (χ1v) is 8.90. The van der Waals surface area contributed by atoms with Crippen molar-refractivity contribution in [3.8, 4) is 0 Å². The van der Waals surface area contributed by atoms with Crippen molar-refractivity contribution in [1.29, 1.82) is 0 Å². The summed E-state index contributed by atoms with van der Waals surface area (Å²) in [7, 11) is -1.81. The Labute approximate surface area is 129 Å². The summed E-state index contributed by atoms with van der Waals surface area (Å²) in [5, 5.41) is 4.86. The Balaban J connectivity index is 2.41. The van der Waals surface area contributed by atoms with E-state index in [4.69, 9.17) is 0 Å². The molecule has 2 rings (SSSR count). The van der Waals surface area contributed by atoms with E-state index in [1.165, 1.54) is 11.3 Å². The molecule has 21 heavy (non-hydrogen) atoms. The first-order chi connectivity index (χ1) is 9.85. The summed E-state index contributed by atoms with van der Waals surface area (Å²) >= 11 is 1.45. The van der Waals surface area contributed by atoms with Crippen LogP contribution < -0.4 is 10.0 Å². The molecule has 0 aliphatic rings. The average molecular weight is 325 g/mol. The number of aryl methyl sites for hydroxylation is 3. The number of hydrogen-bond donors (Lipinski definition) is 2. The van der Waals surface area contributed by atoms with Crippen LogP contribution in [0.3, 0.4) is 0 Å². The highest BCUT2D eigenvalue weighted by Crippen LogP contribution is 2.29. The molecule has 5 nitrogen and oxygen atoms in total. The number of thiophene rings is 1. The monoisotopic (exact) mass is 325 g/mol. The van der Waals surface area contributed by atoms with Crippen LogP contribution in [0.5, 0.6) is 0 Å². The second-order valence-corrected chi connectivity index (χ2v) is 7.48. The molecule has 0 bridgehead atoms. The van der Waals surface area contributed by atoms with Crippen LogP contribution >= 0.6 is 11.3 Å². The molecule has 0 fully saturated rings. The molecule has 0 aliphatic carbocycles. The van der Waals surface area contributed by atoms with Gasteiger partial charge in [-0.1, -0.05) is 0 Å². The third-order valence-electron chi connectivity index (χ3n) is 3.06. The zero-order chi connectivity index (χ0) is 15.6. The molecule has 0 amide bonds. The van der Waals surface area contributed by atoms with E-state index in [0.717, 1.165) is 16.1 Å². The fourth-order valence-corrected chi connectivity index (χ4v) is 5.06. The standard InChI is InChI=1S/C14H19N3O2S2/c1-9-8-20-13(7-15-4)14(9)21(18,19)17-12-6-5-10(2)16-11(12)3/h5-6,8,15,17H,7H2,1-4H3. The van der Waals surface area contributed by atoms with E-state index >= 15 is 0 Å². The van der Waals surface area contributed by atoms with E-state index in [0.29, 0.717) is 22.8 Å². The van der Waals surface area contributed by atoms with Crippen LogP contribution in [-0.2, 0) is 16.6 Å². The Bertz CT molecular complexity index is 752. The van der Waals surface area contributed by atoms with Crippen molar-refractivity contribution < 1.29 is 8.42 Å². The average Bonchev–Trinajstić information content (AvgIpc) is 2.75. The maximum absolute atomic E-state index is 12.7. The molecular weight excluding hydrogens is 306 g/mol. The third kappa shape index (κ3) is 3.42. The number of rotatable bonds is 5. The number of pyridine rings is 1. The van der Waals surface area contributed by atoms with E-state index in [-0.39, 0.29) is 0 Å². The van der Waals surface area contributed by atoms with Gasteiger partial charge in [-0.15, -0.1) is 11.3 Å². The normalized spacial score (nSPS) is 11.6. The first kappa shape index (κ1) is 15.9. The van der Waals surface area contributed by atoms with Gasteiger partial charge in [0.1, 0.15) is 4.90 Å². The molecule has 7 heteroatoms. The molecule has 0 atom stereocenters. The number of anilines is 1. The Kier molecular flexibility index (Phi) is 4.65. The highest BCUT2D eigenvalue weighted by Gasteiger charge is 2.23. The summed E-state index contributed by atoms with van der Waals surface area (Å²) < 4.78 is 28.0. The van der Waals surface area contributed by atoms with E-state index in [9.17, 15) is 8.42 Å². The maximum atomic E-state index is 12.7. The summed E-state index contributed by atoms with van der Waals surface area (Å²) in [6.45, 7) is 6.00. The van der Waals surface area contributed by atoms with Crippen LogP contribution in [0.4, 0.5) is 5.69 Å². The zero-order valence-corrected chi connectivity index (χ0v) is 14.2. The van der Waals surface area contributed by atoms with Gasteiger partial charge in [-0.3, -0.25) is 9.71 Å². The predicted octanol–water partition coefficient (Wildman–Crippen LogP) is 2.59.